The van der Waals surface area contributed by atoms with Crippen molar-refractivity contribution in [1.29, 1.82) is 0 Å². The lowest BCUT2D eigenvalue weighted by Gasteiger charge is -2.11. The molecule has 25 heavy (non-hydrogen) atoms. The minimum absolute atomic E-state index is 0.275. The van der Waals surface area contributed by atoms with Gasteiger partial charge in [-0.2, -0.15) is 0 Å². The molecule has 0 saturated carbocycles. The average Bonchev–Trinajstić information content (AvgIpc) is 2.60. The number of ether oxygens (including phenoxy) is 3. The molecule has 0 aromatic heterocycles. The Bertz CT molecular complexity index is 695. The van der Waals surface area contributed by atoms with Crippen LogP contribution >= 0.6 is 15.9 Å². The van der Waals surface area contributed by atoms with Gasteiger partial charge in [-0.15, -0.1) is 0 Å². The molecule has 0 bridgehead atoms. The first-order valence-electron chi connectivity index (χ1n) is 8.26. The van der Waals surface area contributed by atoms with Crippen LogP contribution in [-0.4, -0.2) is 19.7 Å². The lowest BCUT2D eigenvalue weighted by atomic mass is 10.0. The van der Waals surface area contributed by atoms with Gasteiger partial charge in [0.05, 0.1) is 18.2 Å². The summed E-state index contributed by atoms with van der Waals surface area (Å²) in [4.78, 5) is 11.8. The summed E-state index contributed by atoms with van der Waals surface area (Å²) in [6, 6.07) is 13.0. The molecule has 134 valence electrons. The van der Waals surface area contributed by atoms with E-state index in [1.807, 2.05) is 6.07 Å². The van der Waals surface area contributed by atoms with Crippen LogP contribution < -0.4 is 14.2 Å². The summed E-state index contributed by atoms with van der Waals surface area (Å²) < 4.78 is 17.0. The van der Waals surface area contributed by atoms with Crippen LogP contribution in [0, 0.1) is 0 Å². The molecule has 0 spiro atoms. The van der Waals surface area contributed by atoms with E-state index >= 15 is 0 Å². The molecule has 0 radical (unpaired) electrons. The van der Waals surface area contributed by atoms with Gasteiger partial charge in [0, 0.05) is 6.42 Å². The fourth-order valence-corrected chi connectivity index (χ4v) is 2.73. The number of benzene rings is 2. The summed E-state index contributed by atoms with van der Waals surface area (Å²) in [5, 5.41) is 0. The van der Waals surface area contributed by atoms with Gasteiger partial charge in [0.15, 0.2) is 0 Å². The number of carbonyl (C=O) groups excluding carboxylic acids is 1. The molecular weight excluding hydrogens is 384 g/mol. The third kappa shape index (κ3) is 6.09. The second-order valence-corrected chi connectivity index (χ2v) is 6.80. The van der Waals surface area contributed by atoms with Crippen molar-refractivity contribution in [3.8, 4) is 17.2 Å². The lowest BCUT2D eigenvalue weighted by Crippen LogP contribution is -2.10. The monoisotopic (exact) mass is 406 g/mol. The van der Waals surface area contributed by atoms with E-state index in [1.165, 1.54) is 5.56 Å². The first-order valence-corrected chi connectivity index (χ1v) is 9.06. The molecule has 0 amide bonds. The predicted octanol–water partition coefficient (Wildman–Crippen LogP) is 5.35. The maximum absolute atomic E-state index is 11.8. The van der Waals surface area contributed by atoms with Crippen LogP contribution in [0.4, 0.5) is 0 Å². The maximum atomic E-state index is 11.8. The van der Waals surface area contributed by atoms with Gasteiger partial charge in [-0.05, 0) is 70.2 Å². The van der Waals surface area contributed by atoms with Crippen LogP contribution in [0.1, 0.15) is 38.2 Å². The molecule has 0 aliphatic carbocycles. The topological polar surface area (TPSA) is 44.8 Å². The number of hydrogen-bond donors (Lipinski definition) is 0. The molecular formula is C20H23BrO4. The minimum atomic E-state index is -0.275. The number of carbonyl (C=O) groups is 1. The highest BCUT2D eigenvalue weighted by molar-refractivity contribution is 9.10. The van der Waals surface area contributed by atoms with Gasteiger partial charge in [0.2, 0.25) is 0 Å². The lowest BCUT2D eigenvalue weighted by molar-refractivity contribution is -0.134. The molecule has 0 unspecified atom stereocenters. The zero-order valence-electron chi connectivity index (χ0n) is 14.8. The summed E-state index contributed by atoms with van der Waals surface area (Å²) in [6.07, 6.45) is 0.890. The van der Waals surface area contributed by atoms with Crippen molar-refractivity contribution in [3.05, 3.63) is 52.5 Å². The van der Waals surface area contributed by atoms with E-state index in [0.29, 0.717) is 31.1 Å². The van der Waals surface area contributed by atoms with E-state index in [0.717, 1.165) is 16.0 Å². The van der Waals surface area contributed by atoms with Gasteiger partial charge in [0.1, 0.15) is 17.2 Å². The van der Waals surface area contributed by atoms with E-state index in [9.17, 15) is 4.79 Å². The molecule has 0 atom stereocenters. The van der Waals surface area contributed by atoms with Gasteiger partial charge in [-0.1, -0.05) is 19.9 Å². The van der Waals surface area contributed by atoms with Crippen molar-refractivity contribution < 1.29 is 19.0 Å². The van der Waals surface area contributed by atoms with Crippen LogP contribution in [0.3, 0.4) is 0 Å². The zero-order valence-corrected chi connectivity index (χ0v) is 16.3. The highest BCUT2D eigenvalue weighted by Gasteiger charge is 2.08. The number of methoxy groups -OCH3 is 1. The van der Waals surface area contributed by atoms with Crippen molar-refractivity contribution in [2.75, 3.05) is 13.7 Å². The van der Waals surface area contributed by atoms with Crippen molar-refractivity contribution in [2.24, 2.45) is 0 Å². The van der Waals surface area contributed by atoms with Crippen LogP contribution in [-0.2, 0) is 4.79 Å². The van der Waals surface area contributed by atoms with E-state index in [4.69, 9.17) is 14.2 Å². The highest BCUT2D eigenvalue weighted by Crippen LogP contribution is 2.29. The van der Waals surface area contributed by atoms with Crippen molar-refractivity contribution in [3.63, 3.8) is 0 Å². The number of esters is 1. The molecule has 0 fully saturated rings. The maximum Gasteiger partial charge on any atom is 0.311 e. The molecule has 0 heterocycles. The van der Waals surface area contributed by atoms with Gasteiger partial charge in [-0.25, -0.2) is 0 Å². The molecule has 5 heteroatoms. The standard InChI is InChI=1S/C20H23BrO4/c1-14(2)15-6-11-19(18(21)13-15)24-12-4-5-20(22)25-17-9-7-16(23-3)8-10-17/h6-11,13-14H,4-5,12H2,1-3H3. The van der Waals surface area contributed by atoms with E-state index in [-0.39, 0.29) is 5.97 Å². The van der Waals surface area contributed by atoms with E-state index < -0.39 is 0 Å². The quantitative estimate of drug-likeness (QED) is 0.336. The van der Waals surface area contributed by atoms with E-state index in [2.05, 4.69) is 41.9 Å². The Morgan fingerprint density at radius 3 is 2.36 bits per heavy atom. The summed E-state index contributed by atoms with van der Waals surface area (Å²) in [5.41, 5.74) is 1.25. The molecule has 2 rings (SSSR count). The third-order valence-corrected chi connectivity index (χ3v) is 4.32. The Morgan fingerprint density at radius 1 is 1.08 bits per heavy atom. The Hall–Kier alpha value is -2.01. The SMILES string of the molecule is COc1ccc(OC(=O)CCCOc2ccc(C(C)C)cc2Br)cc1. The molecule has 4 nitrogen and oxygen atoms in total. The van der Waals surface area contributed by atoms with Crippen LogP contribution in [0.15, 0.2) is 46.9 Å². The largest absolute Gasteiger partial charge is 0.497 e. The predicted molar refractivity (Wildman–Crippen MR) is 102 cm³/mol. The molecule has 0 N–H and O–H groups in total. The number of halogens is 1. The molecule has 2 aromatic rings. The molecule has 2 aromatic carbocycles. The fraction of sp³-hybridized carbons (Fsp3) is 0.350. The van der Waals surface area contributed by atoms with Crippen LogP contribution in [0.5, 0.6) is 17.2 Å². The first-order chi connectivity index (χ1) is 12.0. The number of rotatable bonds is 8. The second kappa shape index (κ2) is 9.47. The molecule has 0 aliphatic rings. The Labute approximate surface area is 157 Å². The molecule has 0 saturated heterocycles. The first kappa shape index (κ1) is 19.3. The normalized spacial score (nSPS) is 10.6. The average molecular weight is 407 g/mol. The van der Waals surface area contributed by atoms with Crippen molar-refractivity contribution in [1.82, 2.24) is 0 Å². The zero-order chi connectivity index (χ0) is 18.2. The second-order valence-electron chi connectivity index (χ2n) is 5.95. The van der Waals surface area contributed by atoms with Crippen molar-refractivity contribution >= 4 is 21.9 Å². The Morgan fingerprint density at radius 2 is 1.76 bits per heavy atom. The van der Waals surface area contributed by atoms with Crippen molar-refractivity contribution in [2.45, 2.75) is 32.6 Å². The highest BCUT2D eigenvalue weighted by atomic mass is 79.9. The molecule has 0 aliphatic heterocycles. The summed E-state index contributed by atoms with van der Waals surface area (Å²) in [5.74, 6) is 2.22. The third-order valence-electron chi connectivity index (χ3n) is 3.70. The Kier molecular flexibility index (Phi) is 7.31. The van der Waals surface area contributed by atoms with Gasteiger partial charge >= 0.3 is 5.97 Å². The fourth-order valence-electron chi connectivity index (χ4n) is 2.22. The van der Waals surface area contributed by atoms with Crippen LogP contribution in [0.25, 0.3) is 0 Å². The smallest absolute Gasteiger partial charge is 0.311 e. The van der Waals surface area contributed by atoms with Gasteiger partial charge in [-0.3, -0.25) is 4.79 Å². The van der Waals surface area contributed by atoms with Gasteiger partial charge in [0.25, 0.3) is 0 Å². The summed E-state index contributed by atoms with van der Waals surface area (Å²) >= 11 is 3.53. The Balaban J connectivity index is 1.74. The number of hydrogen-bond acceptors (Lipinski definition) is 4. The van der Waals surface area contributed by atoms with Crippen LogP contribution in [0.2, 0.25) is 0 Å². The summed E-state index contributed by atoms with van der Waals surface area (Å²) in [7, 11) is 1.59. The van der Waals surface area contributed by atoms with Gasteiger partial charge < -0.3 is 14.2 Å². The summed E-state index contributed by atoms with van der Waals surface area (Å²) in [6.45, 7) is 4.75. The van der Waals surface area contributed by atoms with E-state index in [1.54, 1.807) is 31.4 Å². The minimum Gasteiger partial charge on any atom is -0.497 e.